The van der Waals surface area contributed by atoms with Crippen molar-refractivity contribution < 1.29 is 4.79 Å². The summed E-state index contributed by atoms with van der Waals surface area (Å²) in [4.78, 5) is 28.0. The maximum Gasteiger partial charge on any atom is 0.319 e. The maximum atomic E-state index is 12.8. The van der Waals surface area contributed by atoms with E-state index >= 15 is 0 Å². The number of rotatable bonds is 7. The molecule has 1 aliphatic heterocycles. The predicted octanol–water partition coefficient (Wildman–Crippen LogP) is 4.61. The third-order valence-electron chi connectivity index (χ3n) is 6.25. The minimum Gasteiger partial charge on any atom is -0.338 e. The number of nitrogens with zero attached hydrogens (tertiary/aromatic N) is 2. The summed E-state index contributed by atoms with van der Waals surface area (Å²) in [7, 11) is 0. The van der Waals surface area contributed by atoms with E-state index in [1.165, 1.54) is 11.1 Å². The number of amides is 2. The lowest BCUT2D eigenvalue weighted by Crippen LogP contribution is -2.34. The van der Waals surface area contributed by atoms with E-state index in [1.807, 2.05) is 24.3 Å². The topological polar surface area (TPSA) is 66.4 Å². The standard InChI is InChI=1S/C27H34N4O2/c1-19(2)15-31-18-25(23-6-4-5-7-24(23)26(31)32)29-27(33)28-14-22-12-13-30(17-22)16-21-10-8-20(3)9-11-21/h4-11,18-19,22H,12-17H2,1-3H3,(H2,28,29,33)/t22-/m1/s1. The fourth-order valence-corrected chi connectivity index (χ4v) is 4.55. The molecular weight excluding hydrogens is 412 g/mol. The second kappa shape index (κ2) is 10.2. The highest BCUT2D eigenvalue weighted by atomic mass is 16.2. The first kappa shape index (κ1) is 23.1. The number of aryl methyl sites for hydroxylation is 1. The van der Waals surface area contributed by atoms with Crippen molar-refractivity contribution in [2.45, 2.75) is 40.3 Å². The van der Waals surface area contributed by atoms with Crippen molar-refractivity contribution in [2.24, 2.45) is 11.8 Å². The summed E-state index contributed by atoms with van der Waals surface area (Å²) in [5.74, 6) is 0.767. The molecule has 174 valence electrons. The second-order valence-electron chi connectivity index (χ2n) is 9.65. The van der Waals surface area contributed by atoms with Crippen LogP contribution in [0.15, 0.2) is 59.5 Å². The van der Waals surface area contributed by atoms with E-state index in [1.54, 1.807) is 10.8 Å². The first-order chi connectivity index (χ1) is 15.9. The van der Waals surface area contributed by atoms with Crippen molar-refractivity contribution in [1.82, 2.24) is 14.8 Å². The number of hydrogen-bond donors (Lipinski definition) is 2. The first-order valence-corrected chi connectivity index (χ1v) is 11.8. The van der Waals surface area contributed by atoms with E-state index in [0.29, 0.717) is 36.0 Å². The Balaban J connectivity index is 1.36. The van der Waals surface area contributed by atoms with E-state index < -0.39 is 0 Å². The van der Waals surface area contributed by atoms with Gasteiger partial charge in [-0.2, -0.15) is 0 Å². The van der Waals surface area contributed by atoms with Crippen molar-refractivity contribution in [3.8, 4) is 0 Å². The molecule has 0 spiro atoms. The van der Waals surface area contributed by atoms with Crippen LogP contribution in [-0.4, -0.2) is 35.1 Å². The maximum absolute atomic E-state index is 12.8. The van der Waals surface area contributed by atoms with Crippen LogP contribution in [0.4, 0.5) is 10.5 Å². The molecule has 1 fully saturated rings. The molecule has 0 aliphatic carbocycles. The Morgan fingerprint density at radius 2 is 1.82 bits per heavy atom. The quantitative estimate of drug-likeness (QED) is 0.557. The fourth-order valence-electron chi connectivity index (χ4n) is 4.55. The number of carbonyl (C=O) groups is 1. The molecule has 6 nitrogen and oxygen atoms in total. The average Bonchev–Trinajstić information content (AvgIpc) is 3.24. The number of nitrogens with one attached hydrogen (secondary N) is 2. The Bertz CT molecular complexity index is 1170. The molecule has 1 aliphatic rings. The highest BCUT2D eigenvalue weighted by Crippen LogP contribution is 2.21. The monoisotopic (exact) mass is 446 g/mol. The molecule has 1 aromatic heterocycles. The van der Waals surface area contributed by atoms with Gasteiger partial charge in [0, 0.05) is 43.1 Å². The SMILES string of the molecule is Cc1ccc(CN2CC[C@H](CNC(=O)Nc3cn(CC(C)C)c(=O)c4ccccc34)C2)cc1. The Morgan fingerprint density at radius 1 is 1.09 bits per heavy atom. The van der Waals surface area contributed by atoms with Crippen molar-refractivity contribution >= 4 is 22.5 Å². The molecule has 2 heterocycles. The summed E-state index contributed by atoms with van der Waals surface area (Å²) in [6.07, 6.45) is 2.84. The highest BCUT2D eigenvalue weighted by molar-refractivity contribution is 6.00. The molecule has 2 aromatic carbocycles. The second-order valence-corrected chi connectivity index (χ2v) is 9.65. The molecule has 33 heavy (non-hydrogen) atoms. The zero-order chi connectivity index (χ0) is 23.4. The molecular formula is C27H34N4O2. The number of pyridine rings is 1. The molecule has 6 heteroatoms. The van der Waals surface area contributed by atoms with Gasteiger partial charge in [-0.3, -0.25) is 9.69 Å². The fraction of sp³-hybridized carbons (Fsp3) is 0.407. The van der Waals surface area contributed by atoms with Gasteiger partial charge in [0.15, 0.2) is 0 Å². The predicted molar refractivity (Wildman–Crippen MR) is 135 cm³/mol. The summed E-state index contributed by atoms with van der Waals surface area (Å²) in [6.45, 7) is 10.5. The summed E-state index contributed by atoms with van der Waals surface area (Å²) >= 11 is 0. The number of likely N-dealkylation sites (tertiary alicyclic amines) is 1. The molecule has 4 rings (SSSR count). The zero-order valence-corrected chi connectivity index (χ0v) is 19.8. The van der Waals surface area contributed by atoms with Crippen LogP contribution in [0, 0.1) is 18.8 Å². The Hall–Kier alpha value is -3.12. The molecule has 1 saturated heterocycles. The number of hydrogen-bond acceptors (Lipinski definition) is 3. The van der Waals surface area contributed by atoms with E-state index in [-0.39, 0.29) is 11.6 Å². The van der Waals surface area contributed by atoms with Crippen LogP contribution in [0.2, 0.25) is 0 Å². The van der Waals surface area contributed by atoms with E-state index in [4.69, 9.17) is 0 Å². The minimum atomic E-state index is -0.230. The van der Waals surface area contributed by atoms with Crippen molar-refractivity contribution in [1.29, 1.82) is 0 Å². The van der Waals surface area contributed by atoms with Gasteiger partial charge in [0.1, 0.15) is 0 Å². The third kappa shape index (κ3) is 5.82. The molecule has 0 radical (unpaired) electrons. The van der Waals surface area contributed by atoms with Gasteiger partial charge < -0.3 is 15.2 Å². The lowest BCUT2D eigenvalue weighted by Gasteiger charge is -2.17. The number of fused-ring (bicyclic) bond motifs is 1. The van der Waals surface area contributed by atoms with E-state index in [2.05, 4.69) is 60.6 Å². The van der Waals surface area contributed by atoms with Gasteiger partial charge >= 0.3 is 6.03 Å². The van der Waals surface area contributed by atoms with Gasteiger partial charge in [0.2, 0.25) is 0 Å². The molecule has 2 N–H and O–H groups in total. The number of urea groups is 1. The van der Waals surface area contributed by atoms with E-state index in [0.717, 1.165) is 31.4 Å². The van der Waals surface area contributed by atoms with Crippen molar-refractivity contribution in [3.63, 3.8) is 0 Å². The normalized spacial score (nSPS) is 16.4. The Kier molecular flexibility index (Phi) is 7.14. The largest absolute Gasteiger partial charge is 0.338 e. The van der Waals surface area contributed by atoms with Crippen molar-refractivity contribution in [3.05, 3.63) is 76.2 Å². The Morgan fingerprint density at radius 3 is 2.55 bits per heavy atom. The van der Waals surface area contributed by atoms with Gasteiger partial charge in [-0.05, 0) is 43.4 Å². The minimum absolute atomic E-state index is 0.0233. The average molecular weight is 447 g/mol. The van der Waals surface area contributed by atoms with Crippen LogP contribution >= 0.6 is 0 Å². The van der Waals surface area contributed by atoms with Crippen LogP contribution in [0.3, 0.4) is 0 Å². The summed E-state index contributed by atoms with van der Waals surface area (Å²) < 4.78 is 1.70. The van der Waals surface area contributed by atoms with Gasteiger partial charge in [0.05, 0.1) is 5.69 Å². The highest BCUT2D eigenvalue weighted by Gasteiger charge is 2.23. The van der Waals surface area contributed by atoms with Gasteiger partial charge in [-0.25, -0.2) is 4.79 Å². The molecule has 3 aromatic rings. The van der Waals surface area contributed by atoms with Crippen molar-refractivity contribution in [2.75, 3.05) is 25.0 Å². The van der Waals surface area contributed by atoms with Crippen LogP contribution in [0.1, 0.15) is 31.4 Å². The number of benzene rings is 2. The Labute approximate surface area is 195 Å². The van der Waals surface area contributed by atoms with E-state index in [9.17, 15) is 9.59 Å². The van der Waals surface area contributed by atoms with Crippen LogP contribution in [0.5, 0.6) is 0 Å². The number of carbonyl (C=O) groups excluding carboxylic acids is 1. The lowest BCUT2D eigenvalue weighted by atomic mass is 10.1. The molecule has 0 bridgehead atoms. The number of anilines is 1. The molecule has 2 amide bonds. The third-order valence-corrected chi connectivity index (χ3v) is 6.25. The lowest BCUT2D eigenvalue weighted by molar-refractivity contribution is 0.249. The van der Waals surface area contributed by atoms with Crippen LogP contribution in [-0.2, 0) is 13.1 Å². The smallest absolute Gasteiger partial charge is 0.319 e. The zero-order valence-electron chi connectivity index (χ0n) is 19.8. The van der Waals surface area contributed by atoms with Gasteiger partial charge in [-0.1, -0.05) is 61.9 Å². The molecule has 0 unspecified atom stereocenters. The summed E-state index contributed by atoms with van der Waals surface area (Å²) in [6, 6.07) is 15.9. The number of aromatic nitrogens is 1. The molecule has 1 atom stereocenters. The first-order valence-electron chi connectivity index (χ1n) is 11.8. The van der Waals surface area contributed by atoms with Gasteiger partial charge in [-0.15, -0.1) is 0 Å². The summed E-state index contributed by atoms with van der Waals surface area (Å²) in [5.41, 5.74) is 3.25. The van der Waals surface area contributed by atoms with Gasteiger partial charge in [0.25, 0.3) is 5.56 Å². The van der Waals surface area contributed by atoms with Crippen LogP contribution < -0.4 is 16.2 Å². The van der Waals surface area contributed by atoms with Crippen LogP contribution in [0.25, 0.3) is 10.8 Å². The summed E-state index contributed by atoms with van der Waals surface area (Å²) in [5, 5.41) is 7.41. The molecule has 0 saturated carbocycles.